The molecule has 1 unspecified atom stereocenters. The van der Waals surface area contributed by atoms with Crippen LogP contribution in [0.15, 0.2) is 54.6 Å². The molecule has 3 aromatic carbocycles. The molecule has 0 saturated heterocycles. The third kappa shape index (κ3) is 3.54. The number of aromatic hydroxyl groups is 2. The van der Waals surface area contributed by atoms with Crippen LogP contribution in [0, 0.1) is 0 Å². The number of hydrogen-bond donors (Lipinski definition) is 3. The van der Waals surface area contributed by atoms with Gasteiger partial charge in [-0.15, -0.1) is 0 Å². The molecule has 0 radical (unpaired) electrons. The predicted octanol–water partition coefficient (Wildman–Crippen LogP) is 5.89. The van der Waals surface area contributed by atoms with Crippen LogP contribution >= 0.6 is 46.4 Å². The van der Waals surface area contributed by atoms with E-state index in [1.807, 2.05) is 0 Å². The fraction of sp³-hybridized carbons (Fsp3) is 0.0526. The van der Waals surface area contributed by atoms with Gasteiger partial charge in [0.2, 0.25) is 0 Å². The van der Waals surface area contributed by atoms with Crippen molar-refractivity contribution >= 4 is 56.5 Å². The molecule has 152 valence electrons. The summed E-state index contributed by atoms with van der Waals surface area (Å²) in [5, 5.41) is 19.6. The Kier molecular flexibility index (Phi) is 5.98. The predicted molar refractivity (Wildman–Crippen MR) is 114 cm³/mol. The van der Waals surface area contributed by atoms with Crippen molar-refractivity contribution in [3.63, 3.8) is 0 Å². The molecule has 0 aliphatic heterocycles. The highest BCUT2D eigenvalue weighted by atomic mass is 35.5. The molecule has 29 heavy (non-hydrogen) atoms. The van der Waals surface area contributed by atoms with Gasteiger partial charge in [0.25, 0.3) is 10.1 Å². The average molecular weight is 494 g/mol. The van der Waals surface area contributed by atoms with E-state index in [-0.39, 0.29) is 31.8 Å². The van der Waals surface area contributed by atoms with E-state index in [0.29, 0.717) is 0 Å². The summed E-state index contributed by atoms with van der Waals surface area (Å²) in [5.41, 5.74) is -0.464. The normalized spacial score (nSPS) is 13.8. The van der Waals surface area contributed by atoms with Crippen molar-refractivity contribution in [2.75, 3.05) is 0 Å². The van der Waals surface area contributed by atoms with Crippen molar-refractivity contribution in [2.24, 2.45) is 0 Å². The number of hydrogen-bond acceptors (Lipinski definition) is 4. The van der Waals surface area contributed by atoms with E-state index >= 15 is 0 Å². The highest BCUT2D eigenvalue weighted by Gasteiger charge is 2.51. The molecule has 0 aromatic heterocycles. The van der Waals surface area contributed by atoms with Crippen LogP contribution in [0.5, 0.6) is 11.5 Å². The molecule has 0 saturated carbocycles. The first-order valence-corrected chi connectivity index (χ1v) is 10.9. The number of phenolic OH excluding ortho intramolecular Hbond substituents is 2. The van der Waals surface area contributed by atoms with Crippen LogP contribution in [0.4, 0.5) is 0 Å². The second-order valence-electron chi connectivity index (χ2n) is 6.07. The lowest BCUT2D eigenvalue weighted by atomic mass is 9.83. The van der Waals surface area contributed by atoms with Crippen molar-refractivity contribution in [1.29, 1.82) is 0 Å². The summed E-state index contributed by atoms with van der Waals surface area (Å²) < 4.78 is 34.0. The van der Waals surface area contributed by atoms with Gasteiger partial charge >= 0.3 is 0 Å². The van der Waals surface area contributed by atoms with Gasteiger partial charge in [0, 0.05) is 16.1 Å². The zero-order valence-electron chi connectivity index (χ0n) is 14.3. The summed E-state index contributed by atoms with van der Waals surface area (Å²) in [6, 6.07) is 12.3. The summed E-state index contributed by atoms with van der Waals surface area (Å²) in [6.07, 6.45) is 0. The number of halogens is 4. The van der Waals surface area contributed by atoms with E-state index in [2.05, 4.69) is 0 Å². The Morgan fingerprint density at radius 1 is 0.793 bits per heavy atom. The first kappa shape index (κ1) is 22.0. The molecule has 0 amide bonds. The van der Waals surface area contributed by atoms with E-state index in [9.17, 15) is 23.2 Å². The van der Waals surface area contributed by atoms with Crippen molar-refractivity contribution in [3.05, 3.63) is 91.4 Å². The number of phenols is 2. The molecule has 0 bridgehead atoms. The van der Waals surface area contributed by atoms with Gasteiger partial charge in [-0.2, -0.15) is 8.42 Å². The Hall–Kier alpha value is -1.67. The van der Waals surface area contributed by atoms with E-state index in [1.54, 1.807) is 18.2 Å². The first-order chi connectivity index (χ1) is 13.5. The van der Waals surface area contributed by atoms with Crippen LogP contribution in [-0.2, 0) is 14.9 Å². The lowest BCUT2D eigenvalue weighted by molar-refractivity contribution is 0.440. The first-order valence-electron chi connectivity index (χ1n) is 7.90. The van der Waals surface area contributed by atoms with Gasteiger partial charge in [0.1, 0.15) is 10.8 Å². The molecule has 3 aromatic rings. The van der Waals surface area contributed by atoms with E-state index < -0.39 is 31.4 Å². The van der Waals surface area contributed by atoms with Gasteiger partial charge in [0.15, 0.2) is 10.5 Å². The minimum atomic E-state index is -5.08. The molecule has 10 heteroatoms. The average Bonchev–Trinajstić information content (AvgIpc) is 2.65. The summed E-state index contributed by atoms with van der Waals surface area (Å²) in [5.74, 6) is -1.07. The highest BCUT2D eigenvalue weighted by molar-refractivity contribution is 7.87. The van der Waals surface area contributed by atoms with Gasteiger partial charge in [-0.05, 0) is 23.8 Å². The molecule has 0 aliphatic rings. The number of rotatable bonds is 4. The third-order valence-corrected chi connectivity index (χ3v) is 7.25. The van der Waals surface area contributed by atoms with Crippen molar-refractivity contribution in [2.45, 2.75) is 4.75 Å². The topological polar surface area (TPSA) is 94.8 Å². The smallest absolute Gasteiger partial charge is 0.283 e. The fourth-order valence-corrected chi connectivity index (χ4v) is 5.49. The molecule has 0 fully saturated rings. The molecule has 5 nitrogen and oxygen atoms in total. The quantitative estimate of drug-likeness (QED) is 0.239. The Balaban J connectivity index is 2.62. The summed E-state index contributed by atoms with van der Waals surface area (Å²) >= 11 is 24.3. The molecular weight excluding hydrogens is 482 g/mol. The molecule has 0 aliphatic carbocycles. The van der Waals surface area contributed by atoms with Crippen molar-refractivity contribution in [1.82, 2.24) is 0 Å². The fourth-order valence-electron chi connectivity index (χ4n) is 3.20. The van der Waals surface area contributed by atoms with Crippen LogP contribution in [0.25, 0.3) is 0 Å². The van der Waals surface area contributed by atoms with E-state index in [4.69, 9.17) is 46.4 Å². The van der Waals surface area contributed by atoms with Crippen molar-refractivity contribution < 1.29 is 23.2 Å². The highest BCUT2D eigenvalue weighted by Crippen LogP contribution is 2.53. The maximum Gasteiger partial charge on any atom is 0.283 e. The van der Waals surface area contributed by atoms with Gasteiger partial charge in [-0.1, -0.05) is 82.8 Å². The zero-order chi connectivity index (χ0) is 21.6. The second-order valence-corrected chi connectivity index (χ2v) is 9.23. The number of benzene rings is 3. The van der Waals surface area contributed by atoms with Crippen LogP contribution in [0.2, 0.25) is 20.1 Å². The third-order valence-electron chi connectivity index (χ3n) is 4.42. The lowest BCUT2D eigenvalue weighted by Crippen LogP contribution is -2.38. The molecule has 3 rings (SSSR count). The molecule has 0 spiro atoms. The van der Waals surface area contributed by atoms with Crippen LogP contribution in [0.1, 0.15) is 16.7 Å². The molecular formula is C19H12Cl4O5S. The van der Waals surface area contributed by atoms with Crippen LogP contribution in [0.3, 0.4) is 0 Å². The van der Waals surface area contributed by atoms with Gasteiger partial charge in [0.05, 0.1) is 10.0 Å². The van der Waals surface area contributed by atoms with Crippen LogP contribution in [-0.4, -0.2) is 23.2 Å². The standard InChI is InChI=1S/C19H12Cl4O5S/c20-11-6-7-12(15(24)8-11)19(29(26,27)28,10-4-2-1-3-5-10)13-9-14(21)18(25)17(23)16(13)22/h1-9,24-25H,(H,26,27,28). The summed E-state index contributed by atoms with van der Waals surface area (Å²) in [6.45, 7) is 0. The molecule has 0 heterocycles. The Labute approximate surface area is 186 Å². The lowest BCUT2D eigenvalue weighted by Gasteiger charge is -2.34. The SMILES string of the molecule is O=S(=O)(O)C(c1ccccc1)(c1ccc(Cl)cc1O)c1cc(Cl)c(O)c(Cl)c1Cl. The Morgan fingerprint density at radius 3 is 1.97 bits per heavy atom. The molecule has 1 atom stereocenters. The summed E-state index contributed by atoms with van der Waals surface area (Å²) in [4.78, 5) is 0. The van der Waals surface area contributed by atoms with Gasteiger partial charge < -0.3 is 10.2 Å². The Morgan fingerprint density at radius 2 is 1.41 bits per heavy atom. The van der Waals surface area contributed by atoms with Gasteiger partial charge in [-0.25, -0.2) is 0 Å². The van der Waals surface area contributed by atoms with Gasteiger partial charge in [-0.3, -0.25) is 4.55 Å². The largest absolute Gasteiger partial charge is 0.508 e. The van der Waals surface area contributed by atoms with Crippen molar-refractivity contribution in [3.8, 4) is 11.5 Å². The zero-order valence-corrected chi connectivity index (χ0v) is 18.1. The maximum atomic E-state index is 13.0. The monoisotopic (exact) mass is 492 g/mol. The maximum absolute atomic E-state index is 13.0. The minimum absolute atomic E-state index is 0.0415. The minimum Gasteiger partial charge on any atom is -0.508 e. The summed E-state index contributed by atoms with van der Waals surface area (Å²) in [7, 11) is -5.08. The van der Waals surface area contributed by atoms with E-state index in [1.165, 1.54) is 24.3 Å². The van der Waals surface area contributed by atoms with E-state index in [0.717, 1.165) is 12.1 Å². The Bertz CT molecular complexity index is 1200. The second kappa shape index (κ2) is 7.87. The van der Waals surface area contributed by atoms with Crippen LogP contribution < -0.4 is 0 Å². The molecule has 3 N–H and O–H groups in total.